The summed E-state index contributed by atoms with van der Waals surface area (Å²) < 4.78 is 38.2. The smallest absolute Gasteiger partial charge is 0.398 e. The second kappa shape index (κ2) is 5.73. The van der Waals surface area contributed by atoms with Crippen molar-refractivity contribution in [3.63, 3.8) is 0 Å². The maximum atomic E-state index is 12.7. The molecule has 0 heterocycles. The Hall–Kier alpha value is -1.72. The minimum atomic E-state index is -4.52. The molecular formula is C14H17F3N2O. The molecule has 0 spiro atoms. The molecule has 0 radical (unpaired) electrons. The van der Waals surface area contributed by atoms with Gasteiger partial charge in [-0.3, -0.25) is 4.79 Å². The number of halogens is 3. The molecule has 3 nitrogen and oxygen atoms in total. The molecular weight excluding hydrogens is 269 g/mol. The van der Waals surface area contributed by atoms with E-state index in [2.05, 4.69) is 5.32 Å². The summed E-state index contributed by atoms with van der Waals surface area (Å²) in [7, 11) is 0. The molecule has 1 aliphatic carbocycles. The monoisotopic (exact) mass is 286 g/mol. The molecule has 0 aromatic heterocycles. The highest BCUT2D eigenvalue weighted by atomic mass is 19.4. The van der Waals surface area contributed by atoms with Crippen LogP contribution in [-0.2, 0) is 11.0 Å². The molecule has 1 aromatic carbocycles. The Bertz CT molecular complexity index is 494. The molecule has 0 unspecified atom stereocenters. The number of hydrogen-bond donors (Lipinski definition) is 2. The van der Waals surface area contributed by atoms with Crippen LogP contribution >= 0.6 is 0 Å². The molecule has 6 heteroatoms. The zero-order chi connectivity index (χ0) is 14.8. The van der Waals surface area contributed by atoms with Crippen LogP contribution in [-0.4, -0.2) is 5.91 Å². The van der Waals surface area contributed by atoms with Crippen LogP contribution in [0.1, 0.15) is 37.7 Å². The number of carbonyl (C=O) groups excluding carboxylic acids is 1. The van der Waals surface area contributed by atoms with Gasteiger partial charge in [-0.25, -0.2) is 0 Å². The van der Waals surface area contributed by atoms with Crippen LogP contribution in [0.2, 0.25) is 0 Å². The summed E-state index contributed by atoms with van der Waals surface area (Å²) in [5.74, 6) is -0.307. The second-order valence-electron chi connectivity index (χ2n) is 5.12. The van der Waals surface area contributed by atoms with E-state index in [1.54, 1.807) is 0 Å². The molecule has 1 amide bonds. The van der Waals surface area contributed by atoms with E-state index < -0.39 is 11.7 Å². The first-order valence-electron chi connectivity index (χ1n) is 6.65. The Morgan fingerprint density at radius 3 is 2.45 bits per heavy atom. The lowest BCUT2D eigenvalue weighted by Crippen LogP contribution is -2.25. The summed E-state index contributed by atoms with van der Waals surface area (Å²) in [5.41, 5.74) is 4.20. The van der Waals surface area contributed by atoms with E-state index in [1.165, 1.54) is 12.1 Å². The summed E-state index contributed by atoms with van der Waals surface area (Å²) >= 11 is 0. The molecule has 1 fully saturated rings. The van der Waals surface area contributed by atoms with Crippen LogP contribution in [0.25, 0.3) is 0 Å². The second-order valence-corrected chi connectivity index (χ2v) is 5.12. The predicted octanol–water partition coefficient (Wildman–Crippen LogP) is 3.81. The minimum Gasteiger partial charge on any atom is -0.398 e. The number of alkyl halides is 3. The van der Waals surface area contributed by atoms with Crippen molar-refractivity contribution in [3.8, 4) is 0 Å². The lowest BCUT2D eigenvalue weighted by Gasteiger charge is -2.21. The van der Waals surface area contributed by atoms with E-state index in [4.69, 9.17) is 5.73 Å². The van der Waals surface area contributed by atoms with Crippen molar-refractivity contribution in [1.29, 1.82) is 0 Å². The van der Waals surface area contributed by atoms with Gasteiger partial charge in [0.25, 0.3) is 0 Å². The van der Waals surface area contributed by atoms with E-state index in [9.17, 15) is 18.0 Å². The van der Waals surface area contributed by atoms with Crippen LogP contribution < -0.4 is 11.1 Å². The molecule has 3 N–H and O–H groups in total. The zero-order valence-electron chi connectivity index (χ0n) is 11.0. The van der Waals surface area contributed by atoms with Gasteiger partial charge in [-0.05, 0) is 31.0 Å². The molecule has 0 saturated heterocycles. The van der Waals surface area contributed by atoms with Gasteiger partial charge in [-0.2, -0.15) is 13.2 Å². The molecule has 20 heavy (non-hydrogen) atoms. The zero-order valence-corrected chi connectivity index (χ0v) is 11.0. The van der Waals surface area contributed by atoms with Gasteiger partial charge in [0.1, 0.15) is 0 Å². The third kappa shape index (κ3) is 3.43. The number of anilines is 2. The number of rotatable bonds is 2. The first-order chi connectivity index (χ1) is 9.38. The van der Waals surface area contributed by atoms with E-state index in [0.717, 1.165) is 38.2 Å². The fraction of sp³-hybridized carbons (Fsp3) is 0.500. The summed E-state index contributed by atoms with van der Waals surface area (Å²) in [6.45, 7) is 0. The number of nitrogens with one attached hydrogen (secondary N) is 1. The van der Waals surface area contributed by atoms with Crippen molar-refractivity contribution < 1.29 is 18.0 Å². The molecule has 2 rings (SSSR count). The van der Waals surface area contributed by atoms with E-state index in [1.807, 2.05) is 0 Å². The van der Waals surface area contributed by atoms with E-state index in [-0.39, 0.29) is 23.2 Å². The van der Waals surface area contributed by atoms with E-state index in [0.29, 0.717) is 0 Å². The first kappa shape index (κ1) is 14.7. The maximum absolute atomic E-state index is 12.7. The van der Waals surface area contributed by atoms with Gasteiger partial charge < -0.3 is 11.1 Å². The summed E-state index contributed by atoms with van der Waals surface area (Å²) in [4.78, 5) is 12.0. The SMILES string of the molecule is Nc1ccc(NC(=O)C2CCCCC2)cc1C(F)(F)F. The van der Waals surface area contributed by atoms with Crippen LogP contribution in [0.3, 0.4) is 0 Å². The standard InChI is InChI=1S/C14H17F3N2O/c15-14(16,17)11-8-10(6-7-12(11)18)19-13(20)9-4-2-1-3-5-9/h6-9H,1-5,18H2,(H,19,20). The van der Waals surface area contributed by atoms with Crippen LogP contribution in [0, 0.1) is 5.92 Å². The number of hydrogen-bond acceptors (Lipinski definition) is 2. The number of benzene rings is 1. The molecule has 110 valence electrons. The Labute approximate surface area is 115 Å². The number of amides is 1. The summed E-state index contributed by atoms with van der Waals surface area (Å²) in [6.07, 6.45) is 0.181. The Morgan fingerprint density at radius 2 is 1.85 bits per heavy atom. The lowest BCUT2D eigenvalue weighted by molar-refractivity contribution is -0.137. The third-order valence-corrected chi connectivity index (χ3v) is 3.60. The predicted molar refractivity (Wildman–Crippen MR) is 71.1 cm³/mol. The molecule has 0 aliphatic heterocycles. The fourth-order valence-electron chi connectivity index (χ4n) is 2.49. The van der Waals surface area contributed by atoms with Gasteiger partial charge in [0.05, 0.1) is 5.56 Å². The molecule has 1 saturated carbocycles. The van der Waals surface area contributed by atoms with Crippen molar-refractivity contribution in [1.82, 2.24) is 0 Å². The average Bonchev–Trinajstić information content (AvgIpc) is 2.40. The summed E-state index contributed by atoms with van der Waals surface area (Å²) in [6, 6.07) is 3.45. The molecule has 0 bridgehead atoms. The van der Waals surface area contributed by atoms with E-state index >= 15 is 0 Å². The van der Waals surface area contributed by atoms with Gasteiger partial charge in [-0.1, -0.05) is 19.3 Å². The van der Waals surface area contributed by atoms with Crippen LogP contribution in [0.15, 0.2) is 18.2 Å². The lowest BCUT2D eigenvalue weighted by atomic mass is 9.88. The molecule has 1 aromatic rings. The highest BCUT2D eigenvalue weighted by molar-refractivity contribution is 5.92. The maximum Gasteiger partial charge on any atom is 0.418 e. The van der Waals surface area contributed by atoms with Gasteiger partial charge in [-0.15, -0.1) is 0 Å². The normalized spacial score (nSPS) is 16.9. The van der Waals surface area contributed by atoms with Crippen molar-refractivity contribution in [2.45, 2.75) is 38.3 Å². The summed E-state index contributed by atoms with van der Waals surface area (Å²) in [5, 5.41) is 2.56. The Morgan fingerprint density at radius 1 is 1.20 bits per heavy atom. The topological polar surface area (TPSA) is 55.1 Å². The Kier molecular flexibility index (Phi) is 4.20. The fourth-order valence-corrected chi connectivity index (χ4v) is 2.49. The highest BCUT2D eigenvalue weighted by Gasteiger charge is 2.33. The number of nitrogen functional groups attached to an aromatic ring is 1. The molecule has 0 atom stereocenters. The third-order valence-electron chi connectivity index (χ3n) is 3.60. The number of nitrogens with two attached hydrogens (primary N) is 1. The Balaban J connectivity index is 2.11. The van der Waals surface area contributed by atoms with Crippen LogP contribution in [0.4, 0.5) is 24.5 Å². The van der Waals surface area contributed by atoms with Gasteiger partial charge in [0.15, 0.2) is 0 Å². The first-order valence-corrected chi connectivity index (χ1v) is 6.65. The van der Waals surface area contributed by atoms with Crippen molar-refractivity contribution >= 4 is 17.3 Å². The largest absolute Gasteiger partial charge is 0.418 e. The molecule has 1 aliphatic rings. The van der Waals surface area contributed by atoms with Gasteiger partial charge in [0.2, 0.25) is 5.91 Å². The van der Waals surface area contributed by atoms with Gasteiger partial charge in [0, 0.05) is 17.3 Å². The highest BCUT2D eigenvalue weighted by Crippen LogP contribution is 2.35. The van der Waals surface area contributed by atoms with Crippen molar-refractivity contribution in [2.24, 2.45) is 5.92 Å². The van der Waals surface area contributed by atoms with Crippen molar-refractivity contribution in [3.05, 3.63) is 23.8 Å². The van der Waals surface area contributed by atoms with Gasteiger partial charge >= 0.3 is 6.18 Å². The number of carbonyl (C=O) groups is 1. The quantitative estimate of drug-likeness (QED) is 0.812. The average molecular weight is 286 g/mol. The minimum absolute atomic E-state index is 0.101. The van der Waals surface area contributed by atoms with Crippen LogP contribution in [0.5, 0.6) is 0 Å². The van der Waals surface area contributed by atoms with Crippen molar-refractivity contribution in [2.75, 3.05) is 11.1 Å².